The fourth-order valence-electron chi connectivity index (χ4n) is 10.3. The Morgan fingerprint density at radius 3 is 1.62 bits per heavy atom. The summed E-state index contributed by atoms with van der Waals surface area (Å²) < 4.78 is 28.8. The van der Waals surface area contributed by atoms with Crippen LogP contribution in [0.15, 0.2) is 133 Å². The topological polar surface area (TPSA) is 118 Å². The first-order valence-electron chi connectivity index (χ1n) is 25.3. The summed E-state index contributed by atoms with van der Waals surface area (Å²) >= 11 is 3.63. The number of benzene rings is 6. The summed E-state index contributed by atoms with van der Waals surface area (Å²) in [6.45, 7) is 13.6. The number of aliphatic hydroxyl groups excluding tert-OH is 3. The zero-order chi connectivity index (χ0) is 50.5. The lowest BCUT2D eigenvalue weighted by Crippen LogP contribution is -2.46. The van der Waals surface area contributed by atoms with E-state index in [0.29, 0.717) is 25.2 Å². The molecule has 0 radical (unpaired) electrons. The van der Waals surface area contributed by atoms with Crippen LogP contribution in [0.3, 0.4) is 0 Å². The second kappa shape index (κ2) is 23.3. The smallest absolute Gasteiger partial charge is 0.124 e. The molecule has 8 nitrogen and oxygen atoms in total. The second-order valence-corrected chi connectivity index (χ2v) is 22.0. The first-order chi connectivity index (χ1) is 34.9. The lowest BCUT2D eigenvalue weighted by atomic mass is 9.85. The number of rotatable bonds is 14. The summed E-state index contributed by atoms with van der Waals surface area (Å²) in [4.78, 5) is 2.60. The first-order valence-corrected chi connectivity index (χ1v) is 27.0. The van der Waals surface area contributed by atoms with Gasteiger partial charge >= 0.3 is 0 Å². The van der Waals surface area contributed by atoms with Crippen LogP contribution in [-0.4, -0.2) is 63.7 Å². The molecule has 0 saturated carbocycles. The molecule has 0 aliphatic carbocycles. The van der Waals surface area contributed by atoms with Crippen molar-refractivity contribution in [1.82, 2.24) is 0 Å². The van der Waals surface area contributed by atoms with Gasteiger partial charge in [0.2, 0.25) is 0 Å². The number of aliphatic hydroxyl groups is 3. The van der Waals surface area contributed by atoms with E-state index in [9.17, 15) is 20.4 Å². The lowest BCUT2D eigenvalue weighted by Gasteiger charge is -2.42. The minimum atomic E-state index is -1.16. The maximum Gasteiger partial charge on any atom is 0.124 e. The van der Waals surface area contributed by atoms with Gasteiger partial charge in [0.05, 0.1) is 44.2 Å². The van der Waals surface area contributed by atoms with Gasteiger partial charge in [-0.1, -0.05) is 110 Å². The predicted octanol–water partition coefficient (Wildman–Crippen LogP) is 13.2. The SMILES string of the molecule is CC[C@@H]1C[C@H](OCc2ccccc2)[C@@H](OCc2ccccc2)[C@H](c2cc(Cc3cc4ccccc4s3)c(C)c(C)c2C)O1.Cc1c(Cc2cc3ccccc3s2)cc([C@@H]2O[C@H](CO)C[C@H](O)[C@H]2O)c(O)c1C. The van der Waals surface area contributed by atoms with Crippen molar-refractivity contribution < 1.29 is 39.4 Å². The number of phenolic OH excluding ortho intramolecular Hbond substituents is 1. The average Bonchev–Trinajstić information content (AvgIpc) is 4.02. The highest BCUT2D eigenvalue weighted by atomic mass is 32.1. The van der Waals surface area contributed by atoms with Crippen molar-refractivity contribution in [2.45, 2.75) is 136 Å². The summed E-state index contributed by atoms with van der Waals surface area (Å²) in [6.07, 6.45) is -0.552. The molecule has 2 fully saturated rings. The van der Waals surface area contributed by atoms with Crippen molar-refractivity contribution in [3.05, 3.63) is 204 Å². The molecule has 4 N–H and O–H groups in total. The number of hydrogen-bond acceptors (Lipinski definition) is 10. The van der Waals surface area contributed by atoms with Gasteiger partial charge in [0.1, 0.15) is 30.2 Å². The fourth-order valence-corrected chi connectivity index (χ4v) is 12.5. The van der Waals surface area contributed by atoms with E-state index >= 15 is 0 Å². The van der Waals surface area contributed by atoms with Crippen molar-refractivity contribution in [2.24, 2.45) is 0 Å². The van der Waals surface area contributed by atoms with Gasteiger partial charge in [0, 0.05) is 50.4 Å². The molecule has 2 aliphatic rings. The van der Waals surface area contributed by atoms with E-state index in [1.807, 2.05) is 55.5 Å². The highest BCUT2D eigenvalue weighted by Gasteiger charge is 2.42. The minimum absolute atomic E-state index is 0.0671. The molecule has 8 atom stereocenters. The Morgan fingerprint density at radius 2 is 1.07 bits per heavy atom. The average molecular weight is 1010 g/mol. The Balaban J connectivity index is 0.000000192. The third-order valence-electron chi connectivity index (χ3n) is 15.0. The van der Waals surface area contributed by atoms with Crippen LogP contribution in [0.25, 0.3) is 20.2 Å². The van der Waals surface area contributed by atoms with Crippen LogP contribution in [0.5, 0.6) is 5.75 Å². The lowest BCUT2D eigenvalue weighted by molar-refractivity contribution is -0.211. The third-order valence-corrected chi connectivity index (χ3v) is 17.2. The van der Waals surface area contributed by atoms with E-state index in [2.05, 4.69) is 131 Å². The molecule has 10 rings (SSSR count). The van der Waals surface area contributed by atoms with Crippen LogP contribution < -0.4 is 0 Å². The van der Waals surface area contributed by atoms with Crippen LogP contribution in [0, 0.1) is 34.6 Å². The van der Waals surface area contributed by atoms with Gasteiger partial charge in [-0.15, -0.1) is 22.7 Å². The van der Waals surface area contributed by atoms with Gasteiger partial charge < -0.3 is 39.4 Å². The Morgan fingerprint density at radius 1 is 0.556 bits per heavy atom. The highest BCUT2D eigenvalue weighted by Crippen LogP contribution is 2.43. The molecule has 376 valence electrons. The molecule has 72 heavy (non-hydrogen) atoms. The van der Waals surface area contributed by atoms with Crippen molar-refractivity contribution in [2.75, 3.05) is 6.61 Å². The van der Waals surface area contributed by atoms with Crippen LogP contribution in [0.4, 0.5) is 0 Å². The molecule has 2 saturated heterocycles. The predicted molar refractivity (Wildman–Crippen MR) is 291 cm³/mol. The van der Waals surface area contributed by atoms with Crippen molar-refractivity contribution in [3.8, 4) is 5.75 Å². The molecule has 2 aromatic heterocycles. The fraction of sp³-hybridized carbons (Fsp3) is 0.355. The van der Waals surface area contributed by atoms with Gasteiger partial charge in [0.15, 0.2) is 0 Å². The normalized spacial score (nSPS) is 22.2. The number of ether oxygens (including phenoxy) is 4. The van der Waals surface area contributed by atoms with E-state index in [1.54, 1.807) is 11.3 Å². The van der Waals surface area contributed by atoms with Crippen LogP contribution in [0.2, 0.25) is 0 Å². The quantitative estimate of drug-likeness (QED) is 0.0851. The summed E-state index contributed by atoms with van der Waals surface area (Å²) in [5.74, 6) is 0.0671. The first kappa shape index (κ1) is 51.7. The zero-order valence-electron chi connectivity index (χ0n) is 42.2. The Hall–Kier alpha value is -5.24. The Bertz CT molecular complexity index is 3010. The summed E-state index contributed by atoms with van der Waals surface area (Å²) in [5.41, 5.74) is 12.1. The standard InChI is InChI=1S/C39H42O3S.C23H26O5S/c1-5-33-23-36(40-24-29-14-8-6-9-15-29)39(41-25-30-16-10-7-11-17-30)38(42-33)35-22-32(27(3)26(2)28(35)4)21-34-20-31-18-12-13-19-37(31)43-34;1-12-13(2)21(26)18(23-22(27)19(25)10-16(11-24)28-23)9-15(12)8-17-7-14-5-3-4-6-20(14)29-17/h6-20,22,33,36,38-39H,5,21,23-25H2,1-4H3;3-7,9,16,19,22-27H,8,10-11H2,1-2H3/t33-,36+,38+,39-;16-,19-,22+,23-/m10/s1. The zero-order valence-corrected chi connectivity index (χ0v) is 43.8. The monoisotopic (exact) mass is 1000 g/mol. The maximum absolute atomic E-state index is 10.8. The summed E-state index contributed by atoms with van der Waals surface area (Å²) in [6, 6.07) is 46.6. The Labute approximate surface area is 432 Å². The molecule has 0 amide bonds. The number of phenols is 1. The molecular weight excluding hydrogens is 937 g/mol. The highest BCUT2D eigenvalue weighted by molar-refractivity contribution is 7.19. The van der Waals surface area contributed by atoms with Gasteiger partial charge in [-0.2, -0.15) is 0 Å². The second-order valence-electron chi connectivity index (χ2n) is 19.7. The number of fused-ring (bicyclic) bond motifs is 2. The van der Waals surface area contributed by atoms with E-state index in [0.717, 1.165) is 41.5 Å². The van der Waals surface area contributed by atoms with Crippen LogP contribution in [-0.2, 0) is 45.0 Å². The molecule has 8 aromatic rings. The van der Waals surface area contributed by atoms with Gasteiger partial charge in [-0.25, -0.2) is 0 Å². The van der Waals surface area contributed by atoms with Crippen LogP contribution in [0.1, 0.15) is 109 Å². The van der Waals surface area contributed by atoms with Gasteiger partial charge in [0.25, 0.3) is 0 Å². The number of thiophene rings is 2. The molecule has 0 unspecified atom stereocenters. The molecule has 6 aromatic carbocycles. The number of aromatic hydroxyl groups is 1. The van der Waals surface area contributed by atoms with Crippen molar-refractivity contribution in [3.63, 3.8) is 0 Å². The van der Waals surface area contributed by atoms with Crippen molar-refractivity contribution >= 4 is 42.8 Å². The molecule has 4 heterocycles. The summed E-state index contributed by atoms with van der Waals surface area (Å²) in [7, 11) is 0. The van der Waals surface area contributed by atoms with E-state index in [4.69, 9.17) is 18.9 Å². The third kappa shape index (κ3) is 11.6. The minimum Gasteiger partial charge on any atom is -0.507 e. The molecule has 0 bridgehead atoms. The summed E-state index contributed by atoms with van der Waals surface area (Å²) in [5, 5.41) is 43.4. The Kier molecular flexibility index (Phi) is 16.7. The molecular formula is C62H68O8S2. The molecule has 0 spiro atoms. The van der Waals surface area contributed by atoms with Gasteiger partial charge in [-0.05, 0) is 138 Å². The van der Waals surface area contributed by atoms with Crippen LogP contribution >= 0.6 is 22.7 Å². The van der Waals surface area contributed by atoms with E-state index < -0.39 is 24.4 Å². The number of hydrogen-bond donors (Lipinski definition) is 4. The van der Waals surface area contributed by atoms with E-state index in [1.165, 1.54) is 63.3 Å². The molecule has 2 aliphatic heterocycles. The largest absolute Gasteiger partial charge is 0.507 e. The van der Waals surface area contributed by atoms with E-state index in [-0.39, 0.29) is 43.2 Å². The van der Waals surface area contributed by atoms with Gasteiger partial charge in [-0.3, -0.25) is 0 Å². The van der Waals surface area contributed by atoms with Crippen molar-refractivity contribution in [1.29, 1.82) is 0 Å². The maximum atomic E-state index is 10.8. The molecule has 10 heteroatoms.